The Morgan fingerprint density at radius 2 is 1.13 bits per heavy atom. The van der Waals surface area contributed by atoms with Crippen LogP contribution in [0.25, 0.3) is 0 Å². The summed E-state index contributed by atoms with van der Waals surface area (Å²) in [6, 6.07) is 0. The van der Waals surface area contributed by atoms with Crippen molar-refractivity contribution in [1.82, 2.24) is 0 Å². The normalized spacial score (nSPS) is 34.1. The van der Waals surface area contributed by atoms with Crippen LogP contribution in [0.1, 0.15) is 92.9 Å². The molecule has 4 saturated heterocycles. The van der Waals surface area contributed by atoms with E-state index in [-0.39, 0.29) is 34.2 Å². The predicted octanol–water partition coefficient (Wildman–Crippen LogP) is 6.21. The maximum atomic E-state index is 11.7. The molecule has 0 aromatic heterocycles. The van der Waals surface area contributed by atoms with Crippen LogP contribution in [0.5, 0.6) is 0 Å². The second-order valence-corrected chi connectivity index (χ2v) is 14.9. The van der Waals surface area contributed by atoms with E-state index in [0.29, 0.717) is 0 Å². The average molecular weight is 493 g/mol. The molecule has 0 amide bonds. The van der Waals surface area contributed by atoms with Gasteiger partial charge < -0.3 is 9.84 Å². The van der Waals surface area contributed by atoms with Crippen LogP contribution in [0.15, 0.2) is 0 Å². The standard InChI is InChI=1S/C12H20O2S.C7H12OS.C5H9ClO/c1-12(2,3)11(13)14-8-6-9-4-5-10(7-8)15-9;8-5-3-6-1-2-7(4-5)9-6;1-5(2,3)4(6)7/h8-10H,4-7H2,1-3H3;5-8H,1-4H2;1-3H3. The fourth-order valence-corrected chi connectivity index (χ4v) is 7.56. The number of rotatable bonds is 1. The molecule has 7 heteroatoms. The maximum Gasteiger partial charge on any atom is 0.311 e. The van der Waals surface area contributed by atoms with Crippen LogP contribution in [0, 0.1) is 10.8 Å². The summed E-state index contributed by atoms with van der Waals surface area (Å²) in [7, 11) is 0. The summed E-state index contributed by atoms with van der Waals surface area (Å²) in [4.78, 5) is 22.0. The summed E-state index contributed by atoms with van der Waals surface area (Å²) in [6.45, 7) is 11.1. The Morgan fingerprint density at radius 3 is 1.45 bits per heavy atom. The molecule has 4 rings (SSSR count). The van der Waals surface area contributed by atoms with Gasteiger partial charge in [-0.25, -0.2) is 0 Å². The minimum absolute atomic E-state index is 0.0312. The zero-order valence-electron chi connectivity index (χ0n) is 20.0. The highest BCUT2D eigenvalue weighted by molar-refractivity contribution is 8.01. The van der Waals surface area contributed by atoms with Crippen LogP contribution in [-0.4, -0.2) is 49.5 Å². The van der Waals surface area contributed by atoms with Gasteiger partial charge in [-0.15, -0.1) is 0 Å². The first kappa shape index (κ1) is 27.3. The van der Waals surface area contributed by atoms with E-state index in [2.05, 4.69) is 23.5 Å². The maximum absolute atomic E-state index is 11.7. The first-order chi connectivity index (χ1) is 14.2. The van der Waals surface area contributed by atoms with Gasteiger partial charge in [0.1, 0.15) is 6.10 Å². The summed E-state index contributed by atoms with van der Waals surface area (Å²) in [5.41, 5.74) is -0.731. The van der Waals surface area contributed by atoms with Crippen molar-refractivity contribution < 1.29 is 19.4 Å². The van der Waals surface area contributed by atoms with Crippen molar-refractivity contribution in [3.05, 3.63) is 0 Å². The van der Waals surface area contributed by atoms with Crippen molar-refractivity contribution in [1.29, 1.82) is 0 Å². The van der Waals surface area contributed by atoms with Gasteiger partial charge in [-0.05, 0) is 83.7 Å². The minimum atomic E-state index is -0.373. The fourth-order valence-electron chi connectivity index (χ4n) is 4.06. The quantitative estimate of drug-likeness (QED) is 0.347. The molecule has 0 spiro atoms. The van der Waals surface area contributed by atoms with Gasteiger partial charge in [-0.2, -0.15) is 23.5 Å². The fraction of sp³-hybridized carbons (Fsp3) is 0.917. The van der Waals surface area contributed by atoms with Crippen molar-refractivity contribution in [2.24, 2.45) is 10.8 Å². The number of ether oxygens (including phenoxy) is 1. The average Bonchev–Trinajstić information content (AvgIpc) is 3.15. The number of hydrogen-bond acceptors (Lipinski definition) is 6. The van der Waals surface area contributed by atoms with E-state index >= 15 is 0 Å². The van der Waals surface area contributed by atoms with Gasteiger partial charge in [-0.1, -0.05) is 20.8 Å². The molecule has 1 N–H and O–H groups in total. The lowest BCUT2D eigenvalue weighted by atomic mass is 9.97. The van der Waals surface area contributed by atoms with Crippen LogP contribution in [0.4, 0.5) is 0 Å². The Bertz CT molecular complexity index is 590. The van der Waals surface area contributed by atoms with Crippen LogP contribution in [-0.2, 0) is 14.3 Å². The molecule has 4 heterocycles. The summed E-state index contributed by atoms with van der Waals surface area (Å²) in [5.74, 6) is -0.0428. The summed E-state index contributed by atoms with van der Waals surface area (Å²) >= 11 is 9.31. The zero-order chi connectivity index (χ0) is 23.4. The molecule has 4 aliphatic rings. The number of aliphatic hydroxyl groups is 1. The molecule has 0 radical (unpaired) electrons. The predicted molar refractivity (Wildman–Crippen MR) is 133 cm³/mol. The lowest BCUT2D eigenvalue weighted by Gasteiger charge is -2.29. The van der Waals surface area contributed by atoms with Gasteiger partial charge in [0, 0.05) is 26.4 Å². The highest BCUT2D eigenvalue weighted by Crippen LogP contribution is 2.45. The Balaban J connectivity index is 0.000000182. The molecule has 180 valence electrons. The number of fused-ring (bicyclic) bond motifs is 4. The third-order valence-corrected chi connectivity index (χ3v) is 9.81. The molecule has 0 saturated carbocycles. The SMILES string of the molecule is CC(C)(C)C(=O)Cl.CC(C)(C)C(=O)OC1CC2CCC(C1)S2.OC1CC2CCC(C1)S2. The van der Waals surface area contributed by atoms with E-state index in [0.717, 1.165) is 46.7 Å². The van der Waals surface area contributed by atoms with Crippen LogP contribution in [0.2, 0.25) is 0 Å². The number of hydrogen-bond donors (Lipinski definition) is 1. The molecule has 4 bridgehead atoms. The monoisotopic (exact) mass is 492 g/mol. The number of carbonyl (C=O) groups is 2. The van der Waals surface area contributed by atoms with Gasteiger partial charge in [0.05, 0.1) is 11.5 Å². The largest absolute Gasteiger partial charge is 0.462 e. The van der Waals surface area contributed by atoms with Gasteiger partial charge in [0.25, 0.3) is 0 Å². The second-order valence-electron chi connectivity index (χ2n) is 11.3. The molecule has 0 aliphatic carbocycles. The van der Waals surface area contributed by atoms with E-state index in [1.54, 1.807) is 20.8 Å². The third-order valence-electron chi connectivity index (χ3n) is 5.99. The molecule has 4 fully saturated rings. The van der Waals surface area contributed by atoms with E-state index in [9.17, 15) is 14.7 Å². The number of esters is 1. The first-order valence-corrected chi connectivity index (χ1v) is 13.9. The smallest absolute Gasteiger partial charge is 0.311 e. The number of carbonyl (C=O) groups excluding carboxylic acids is 2. The van der Waals surface area contributed by atoms with Crippen LogP contribution >= 0.6 is 35.1 Å². The second kappa shape index (κ2) is 11.5. The Kier molecular flexibility index (Phi) is 10.1. The Labute approximate surface area is 202 Å². The van der Waals surface area contributed by atoms with Crippen molar-refractivity contribution in [3.63, 3.8) is 0 Å². The highest BCUT2D eigenvalue weighted by Gasteiger charge is 2.38. The molecule has 4 unspecified atom stereocenters. The molecule has 4 nitrogen and oxygen atoms in total. The topological polar surface area (TPSA) is 63.6 Å². The number of thioether (sulfide) groups is 2. The molecule has 0 aromatic carbocycles. The number of aliphatic hydroxyl groups excluding tert-OH is 1. The Hall–Kier alpha value is 0.0900. The summed E-state index contributed by atoms with van der Waals surface area (Å²) < 4.78 is 5.58. The van der Waals surface area contributed by atoms with E-state index in [4.69, 9.17) is 16.3 Å². The molecule has 4 aliphatic heterocycles. The zero-order valence-corrected chi connectivity index (χ0v) is 22.4. The van der Waals surface area contributed by atoms with E-state index in [1.807, 2.05) is 20.8 Å². The molecule has 4 atom stereocenters. The van der Waals surface area contributed by atoms with Crippen LogP contribution < -0.4 is 0 Å². The van der Waals surface area contributed by atoms with Gasteiger partial charge >= 0.3 is 5.97 Å². The van der Waals surface area contributed by atoms with Gasteiger partial charge in [0.15, 0.2) is 0 Å². The summed E-state index contributed by atoms with van der Waals surface area (Å²) in [5, 5.41) is 12.1. The van der Waals surface area contributed by atoms with Gasteiger partial charge in [0.2, 0.25) is 5.24 Å². The Morgan fingerprint density at radius 1 is 0.774 bits per heavy atom. The number of halogens is 1. The van der Waals surface area contributed by atoms with Crippen LogP contribution in [0.3, 0.4) is 0 Å². The molecule has 0 aromatic rings. The first-order valence-electron chi connectivity index (χ1n) is 11.6. The summed E-state index contributed by atoms with van der Waals surface area (Å²) in [6.07, 6.45) is 9.82. The van der Waals surface area contributed by atoms with Crippen molar-refractivity contribution in [2.45, 2.75) is 126 Å². The minimum Gasteiger partial charge on any atom is -0.462 e. The molecule has 31 heavy (non-hydrogen) atoms. The van der Waals surface area contributed by atoms with E-state index < -0.39 is 0 Å². The van der Waals surface area contributed by atoms with Crippen molar-refractivity contribution >= 4 is 46.3 Å². The van der Waals surface area contributed by atoms with E-state index in [1.165, 1.54) is 25.7 Å². The molecular weight excluding hydrogens is 452 g/mol. The van der Waals surface area contributed by atoms with Crippen molar-refractivity contribution in [3.8, 4) is 0 Å². The highest BCUT2D eigenvalue weighted by atomic mass is 35.5. The van der Waals surface area contributed by atoms with Gasteiger partial charge in [-0.3, -0.25) is 9.59 Å². The lowest BCUT2D eigenvalue weighted by molar-refractivity contribution is -0.159. The third kappa shape index (κ3) is 9.46. The lowest BCUT2D eigenvalue weighted by Crippen LogP contribution is -2.32. The van der Waals surface area contributed by atoms with Crippen molar-refractivity contribution in [2.75, 3.05) is 0 Å². The molecular formula is C24H41ClO4S2.